The molecule has 1 heterocycles. The highest BCUT2D eigenvalue weighted by atomic mass is 16.5. The second-order valence-electron chi connectivity index (χ2n) is 8.63. The predicted octanol–water partition coefficient (Wildman–Crippen LogP) is 3.46. The van der Waals surface area contributed by atoms with Gasteiger partial charge in [-0.1, -0.05) is 72.8 Å². The van der Waals surface area contributed by atoms with E-state index in [1.165, 1.54) is 6.92 Å². The zero-order valence-electron chi connectivity index (χ0n) is 19.0. The van der Waals surface area contributed by atoms with Gasteiger partial charge in [-0.2, -0.15) is 0 Å². The van der Waals surface area contributed by atoms with Gasteiger partial charge in [-0.3, -0.25) is 9.69 Å². The summed E-state index contributed by atoms with van der Waals surface area (Å²) in [6.07, 6.45) is -2.81. The Balaban J connectivity index is 1.65. The lowest BCUT2D eigenvalue weighted by molar-refractivity contribution is -0.184. The molecule has 6 heteroatoms. The molecular formula is C27H31NO5. The number of likely N-dealkylation sites (tertiary alicyclic amines) is 1. The normalized spacial score (nSPS) is 24.5. The number of esters is 1. The Kier molecular flexibility index (Phi) is 7.40. The fourth-order valence-electron chi connectivity index (χ4n) is 4.70. The second-order valence-corrected chi connectivity index (χ2v) is 8.63. The van der Waals surface area contributed by atoms with Crippen LogP contribution in [-0.2, 0) is 20.9 Å². The standard InChI is InChI=1S/C27H31NO5/c1-18(22-14-8-12-21-11-6-7-13-23(21)22)28-15-25(30)26(31)27(24(28)17-32-19(2)29)33-16-20-9-4-3-5-10-20/h3-14,18,24-27,30-31H,15-17H2,1-2H3/t18-,24-,25-,26+,27-/m1/s1. The minimum absolute atomic E-state index is 0.0632. The number of piperidine rings is 1. The number of rotatable bonds is 7. The van der Waals surface area contributed by atoms with E-state index in [9.17, 15) is 15.0 Å². The SMILES string of the molecule is CC(=O)OC[C@@H]1[C@@H](OCc2ccccc2)[C@@H](O)[C@H](O)CN1[C@H](C)c1cccc2ccccc12. The molecule has 174 valence electrons. The maximum Gasteiger partial charge on any atom is 0.302 e. The first-order valence-electron chi connectivity index (χ1n) is 11.3. The molecule has 0 radical (unpaired) electrons. The van der Waals surface area contributed by atoms with Crippen molar-refractivity contribution >= 4 is 16.7 Å². The van der Waals surface area contributed by atoms with Crippen molar-refractivity contribution in [3.05, 3.63) is 83.9 Å². The lowest BCUT2D eigenvalue weighted by atomic mass is 9.89. The average Bonchev–Trinajstić information content (AvgIpc) is 2.83. The lowest BCUT2D eigenvalue weighted by Gasteiger charge is -2.48. The number of hydrogen-bond acceptors (Lipinski definition) is 6. The molecule has 1 saturated heterocycles. The Morgan fingerprint density at radius 2 is 1.73 bits per heavy atom. The van der Waals surface area contributed by atoms with E-state index < -0.39 is 30.3 Å². The number of aliphatic hydroxyl groups excluding tert-OH is 2. The van der Waals surface area contributed by atoms with Gasteiger partial charge in [0.1, 0.15) is 18.8 Å². The highest BCUT2D eigenvalue weighted by Crippen LogP contribution is 2.34. The summed E-state index contributed by atoms with van der Waals surface area (Å²) < 4.78 is 11.6. The molecule has 1 fully saturated rings. The van der Waals surface area contributed by atoms with Crippen molar-refractivity contribution in [1.82, 2.24) is 4.90 Å². The minimum atomic E-state index is -1.09. The van der Waals surface area contributed by atoms with Gasteiger partial charge in [-0.05, 0) is 28.8 Å². The van der Waals surface area contributed by atoms with Crippen molar-refractivity contribution in [2.24, 2.45) is 0 Å². The summed E-state index contributed by atoms with van der Waals surface area (Å²) in [7, 11) is 0. The highest BCUT2D eigenvalue weighted by molar-refractivity contribution is 5.86. The molecule has 3 aromatic carbocycles. The molecule has 0 bridgehead atoms. The summed E-state index contributed by atoms with van der Waals surface area (Å²) in [5, 5.41) is 23.8. The number of hydrogen-bond donors (Lipinski definition) is 2. The number of fused-ring (bicyclic) bond motifs is 1. The van der Waals surface area contributed by atoms with Gasteiger partial charge in [0.2, 0.25) is 0 Å². The predicted molar refractivity (Wildman–Crippen MR) is 127 cm³/mol. The Hall–Kier alpha value is -2.77. The topological polar surface area (TPSA) is 79.2 Å². The van der Waals surface area contributed by atoms with Gasteiger partial charge in [-0.25, -0.2) is 0 Å². The lowest BCUT2D eigenvalue weighted by Crippen LogP contribution is -2.63. The molecular weight excluding hydrogens is 418 g/mol. The first-order chi connectivity index (χ1) is 16.0. The molecule has 0 aromatic heterocycles. The summed E-state index contributed by atoms with van der Waals surface area (Å²) in [5.41, 5.74) is 2.07. The van der Waals surface area contributed by atoms with E-state index in [4.69, 9.17) is 9.47 Å². The van der Waals surface area contributed by atoms with Gasteiger partial charge in [0.15, 0.2) is 0 Å². The van der Waals surface area contributed by atoms with E-state index in [1.807, 2.05) is 48.5 Å². The minimum Gasteiger partial charge on any atom is -0.464 e. The van der Waals surface area contributed by atoms with E-state index in [1.54, 1.807) is 0 Å². The summed E-state index contributed by atoms with van der Waals surface area (Å²) >= 11 is 0. The monoisotopic (exact) mass is 449 g/mol. The van der Waals surface area contributed by atoms with Crippen LogP contribution in [0.25, 0.3) is 10.8 Å². The molecule has 5 atom stereocenters. The molecule has 1 aliphatic heterocycles. The first kappa shape index (κ1) is 23.4. The molecule has 0 unspecified atom stereocenters. The quantitative estimate of drug-likeness (QED) is 0.538. The molecule has 1 aliphatic rings. The number of carbonyl (C=O) groups is 1. The molecule has 6 nitrogen and oxygen atoms in total. The van der Waals surface area contributed by atoms with Crippen LogP contribution in [0, 0.1) is 0 Å². The number of ether oxygens (including phenoxy) is 2. The number of β-amino-alcohol motifs (C(OH)–C–C–N with tert-alkyl or cyclic N) is 1. The molecule has 0 aliphatic carbocycles. The van der Waals surface area contributed by atoms with Crippen LogP contribution in [-0.4, -0.2) is 58.6 Å². The Labute approximate surface area is 194 Å². The van der Waals surface area contributed by atoms with Crippen LogP contribution < -0.4 is 0 Å². The van der Waals surface area contributed by atoms with Crippen LogP contribution in [0.2, 0.25) is 0 Å². The zero-order valence-corrected chi connectivity index (χ0v) is 19.0. The van der Waals surface area contributed by atoms with Crippen LogP contribution in [0.4, 0.5) is 0 Å². The van der Waals surface area contributed by atoms with Gasteiger partial charge >= 0.3 is 5.97 Å². The molecule has 0 spiro atoms. The van der Waals surface area contributed by atoms with Crippen molar-refractivity contribution in [1.29, 1.82) is 0 Å². The Morgan fingerprint density at radius 1 is 1.03 bits per heavy atom. The van der Waals surface area contributed by atoms with Gasteiger partial charge in [0, 0.05) is 19.5 Å². The van der Waals surface area contributed by atoms with E-state index in [0.29, 0.717) is 0 Å². The van der Waals surface area contributed by atoms with Crippen LogP contribution in [0.3, 0.4) is 0 Å². The number of nitrogens with zero attached hydrogens (tertiary/aromatic N) is 1. The molecule has 3 aromatic rings. The van der Waals surface area contributed by atoms with Crippen molar-refractivity contribution in [3.8, 4) is 0 Å². The highest BCUT2D eigenvalue weighted by Gasteiger charge is 2.45. The average molecular weight is 450 g/mol. The molecule has 0 saturated carbocycles. The third kappa shape index (κ3) is 5.25. The Morgan fingerprint density at radius 3 is 2.48 bits per heavy atom. The number of benzene rings is 3. The zero-order chi connectivity index (χ0) is 23.4. The summed E-state index contributed by atoms with van der Waals surface area (Å²) in [5.74, 6) is -0.393. The van der Waals surface area contributed by atoms with E-state index in [0.717, 1.165) is 21.9 Å². The third-order valence-corrected chi connectivity index (χ3v) is 6.45. The number of carbonyl (C=O) groups excluding carboxylic acids is 1. The fourth-order valence-corrected chi connectivity index (χ4v) is 4.70. The fraction of sp³-hybridized carbons (Fsp3) is 0.370. The smallest absolute Gasteiger partial charge is 0.302 e. The first-order valence-corrected chi connectivity index (χ1v) is 11.3. The molecule has 2 N–H and O–H groups in total. The van der Waals surface area contributed by atoms with Crippen molar-refractivity contribution in [2.45, 2.75) is 50.8 Å². The largest absolute Gasteiger partial charge is 0.464 e. The van der Waals surface area contributed by atoms with Crippen LogP contribution in [0.15, 0.2) is 72.8 Å². The van der Waals surface area contributed by atoms with Crippen LogP contribution in [0.5, 0.6) is 0 Å². The van der Waals surface area contributed by atoms with E-state index >= 15 is 0 Å². The van der Waals surface area contributed by atoms with Gasteiger partial charge in [0.25, 0.3) is 0 Å². The number of aliphatic hydroxyl groups is 2. The maximum atomic E-state index is 11.6. The molecule has 33 heavy (non-hydrogen) atoms. The summed E-state index contributed by atoms with van der Waals surface area (Å²) in [6.45, 7) is 4.02. The molecule has 0 amide bonds. The van der Waals surface area contributed by atoms with Crippen molar-refractivity contribution < 1.29 is 24.5 Å². The summed E-state index contributed by atoms with van der Waals surface area (Å²) in [4.78, 5) is 13.7. The van der Waals surface area contributed by atoms with Crippen molar-refractivity contribution in [2.75, 3.05) is 13.2 Å². The van der Waals surface area contributed by atoms with Gasteiger partial charge < -0.3 is 19.7 Å². The van der Waals surface area contributed by atoms with E-state index in [-0.39, 0.29) is 25.8 Å². The molecule has 4 rings (SSSR count). The summed E-state index contributed by atoms with van der Waals surface area (Å²) in [6, 6.07) is 23.5. The van der Waals surface area contributed by atoms with Crippen LogP contribution in [0.1, 0.15) is 31.0 Å². The van der Waals surface area contributed by atoms with Crippen LogP contribution >= 0.6 is 0 Å². The maximum absolute atomic E-state index is 11.6. The second kappa shape index (κ2) is 10.4. The van der Waals surface area contributed by atoms with Crippen molar-refractivity contribution in [3.63, 3.8) is 0 Å². The van der Waals surface area contributed by atoms with Gasteiger partial charge in [-0.15, -0.1) is 0 Å². The van der Waals surface area contributed by atoms with E-state index in [2.05, 4.69) is 36.1 Å². The Bertz CT molecular complexity index is 1070. The van der Waals surface area contributed by atoms with Gasteiger partial charge in [0.05, 0.1) is 18.8 Å². The third-order valence-electron chi connectivity index (χ3n) is 6.45.